The van der Waals surface area contributed by atoms with Gasteiger partial charge >= 0.3 is 0 Å². The summed E-state index contributed by atoms with van der Waals surface area (Å²) in [6.07, 6.45) is 1.82. The van der Waals surface area contributed by atoms with Crippen molar-refractivity contribution in [2.45, 2.75) is 38.8 Å². The number of nitrogens with zero attached hydrogens (tertiary/aromatic N) is 2. The molecule has 0 unspecified atom stereocenters. The number of rotatable bonds is 13. The summed E-state index contributed by atoms with van der Waals surface area (Å²) in [7, 11) is -0.586. The van der Waals surface area contributed by atoms with Crippen molar-refractivity contribution < 1.29 is 22.7 Å². The Kier molecular flexibility index (Phi) is 10.5. The molecule has 0 bridgehead atoms. The van der Waals surface area contributed by atoms with Crippen LogP contribution in [-0.2, 0) is 32.6 Å². The van der Waals surface area contributed by atoms with Gasteiger partial charge in [-0.3, -0.25) is 13.9 Å². The van der Waals surface area contributed by atoms with Crippen molar-refractivity contribution in [3.63, 3.8) is 0 Å². The largest absolute Gasteiger partial charge is 0.495 e. The molecule has 0 saturated heterocycles. The van der Waals surface area contributed by atoms with Gasteiger partial charge < -0.3 is 15.0 Å². The van der Waals surface area contributed by atoms with Crippen molar-refractivity contribution in [2.24, 2.45) is 0 Å². The maximum Gasteiger partial charge on any atom is 0.242 e. The molecule has 208 valence electrons. The van der Waals surface area contributed by atoms with Gasteiger partial charge in [0.05, 0.1) is 19.1 Å². The molecule has 0 saturated carbocycles. The summed E-state index contributed by atoms with van der Waals surface area (Å²) in [6.45, 7) is 2.34. The van der Waals surface area contributed by atoms with Crippen LogP contribution in [0.25, 0.3) is 0 Å². The van der Waals surface area contributed by atoms with Crippen LogP contribution in [0.1, 0.15) is 29.5 Å². The van der Waals surface area contributed by atoms with E-state index >= 15 is 0 Å². The number of carbonyl (C=O) groups excluding carboxylic acids is 2. The number of para-hydroxylation sites is 2. The minimum absolute atomic E-state index is 0.0648. The molecule has 0 aliphatic heterocycles. The Bertz CT molecular complexity index is 1340. The molecule has 0 heterocycles. The normalized spacial score (nSPS) is 11.9. The lowest BCUT2D eigenvalue weighted by Gasteiger charge is -2.31. The summed E-state index contributed by atoms with van der Waals surface area (Å²) in [6, 6.07) is 23.6. The van der Waals surface area contributed by atoms with Crippen LogP contribution in [0.2, 0.25) is 0 Å². The maximum atomic E-state index is 13.7. The molecule has 0 radical (unpaired) electrons. The molecule has 0 fully saturated rings. The summed E-state index contributed by atoms with van der Waals surface area (Å²) in [5.41, 5.74) is 3.36. The SMILES string of the molecule is CNC(=O)[C@H](Cc1ccccc1)N(Cc1ccc(C)cc1)C(=O)CCCN(c1ccccc1OC)S(C)(=O)=O. The molecule has 0 aromatic heterocycles. The molecule has 3 aromatic carbocycles. The van der Waals surface area contributed by atoms with Gasteiger partial charge in [0.2, 0.25) is 21.8 Å². The van der Waals surface area contributed by atoms with Gasteiger partial charge in [0.25, 0.3) is 0 Å². The second-order valence-corrected chi connectivity index (χ2v) is 11.3. The number of carbonyl (C=O) groups is 2. The molecular formula is C30H37N3O5S. The van der Waals surface area contributed by atoms with Gasteiger partial charge in [-0.1, -0.05) is 72.3 Å². The zero-order valence-corrected chi connectivity index (χ0v) is 23.8. The van der Waals surface area contributed by atoms with Crippen LogP contribution in [0.4, 0.5) is 5.69 Å². The zero-order chi connectivity index (χ0) is 28.4. The summed E-state index contributed by atoms with van der Waals surface area (Å²) >= 11 is 0. The van der Waals surface area contributed by atoms with Gasteiger partial charge in [0, 0.05) is 33.0 Å². The number of hydrogen-bond acceptors (Lipinski definition) is 5. The number of aryl methyl sites for hydroxylation is 1. The number of amides is 2. The first-order chi connectivity index (χ1) is 18.6. The zero-order valence-electron chi connectivity index (χ0n) is 23.0. The summed E-state index contributed by atoms with van der Waals surface area (Å²) < 4.78 is 31.9. The van der Waals surface area contributed by atoms with E-state index in [0.717, 1.165) is 22.9 Å². The molecule has 0 aliphatic carbocycles. The second kappa shape index (κ2) is 13.8. The highest BCUT2D eigenvalue weighted by molar-refractivity contribution is 7.92. The van der Waals surface area contributed by atoms with Gasteiger partial charge in [0.1, 0.15) is 11.8 Å². The molecule has 9 heteroatoms. The van der Waals surface area contributed by atoms with E-state index in [0.29, 0.717) is 17.9 Å². The van der Waals surface area contributed by atoms with Gasteiger partial charge in [-0.05, 0) is 36.6 Å². The smallest absolute Gasteiger partial charge is 0.242 e. The Morgan fingerprint density at radius 1 is 0.923 bits per heavy atom. The van der Waals surface area contributed by atoms with Crippen molar-refractivity contribution in [1.82, 2.24) is 10.2 Å². The number of hydrogen-bond donors (Lipinski definition) is 1. The van der Waals surface area contributed by atoms with Crippen molar-refractivity contribution in [1.29, 1.82) is 0 Å². The third kappa shape index (κ3) is 8.32. The fourth-order valence-electron chi connectivity index (χ4n) is 4.43. The van der Waals surface area contributed by atoms with E-state index in [9.17, 15) is 18.0 Å². The molecule has 2 amide bonds. The van der Waals surface area contributed by atoms with E-state index in [1.165, 1.54) is 11.4 Å². The van der Waals surface area contributed by atoms with Crippen molar-refractivity contribution >= 4 is 27.5 Å². The topological polar surface area (TPSA) is 96.0 Å². The summed E-state index contributed by atoms with van der Waals surface area (Å²) in [5.74, 6) is -0.0579. The van der Waals surface area contributed by atoms with Crippen molar-refractivity contribution in [3.8, 4) is 5.75 Å². The molecule has 1 atom stereocenters. The fraction of sp³-hybridized carbons (Fsp3) is 0.333. The lowest BCUT2D eigenvalue weighted by molar-refractivity contribution is -0.141. The Labute approximate surface area is 231 Å². The van der Waals surface area contributed by atoms with Crippen LogP contribution in [0.15, 0.2) is 78.9 Å². The average Bonchev–Trinajstić information content (AvgIpc) is 2.93. The van der Waals surface area contributed by atoms with Crippen LogP contribution in [0, 0.1) is 6.92 Å². The predicted molar refractivity (Wildman–Crippen MR) is 154 cm³/mol. The minimum Gasteiger partial charge on any atom is -0.495 e. The lowest BCUT2D eigenvalue weighted by Crippen LogP contribution is -2.49. The first-order valence-electron chi connectivity index (χ1n) is 12.8. The standard InChI is InChI=1S/C30H37N3O5S/c1-23-16-18-25(19-17-23)22-32(27(30(35)31-2)21-24-11-6-5-7-12-24)29(34)15-10-20-33(39(4,36)37)26-13-8-9-14-28(26)38-3/h5-9,11-14,16-19,27H,10,15,20-22H2,1-4H3,(H,31,35)/t27-/m0/s1. The third-order valence-electron chi connectivity index (χ3n) is 6.50. The van der Waals surface area contributed by atoms with Crippen LogP contribution in [0.3, 0.4) is 0 Å². The number of nitrogens with one attached hydrogen (secondary N) is 1. The van der Waals surface area contributed by atoms with Gasteiger partial charge in [-0.15, -0.1) is 0 Å². The van der Waals surface area contributed by atoms with Gasteiger partial charge in [-0.2, -0.15) is 0 Å². The van der Waals surface area contributed by atoms with Gasteiger partial charge in [0.15, 0.2) is 0 Å². The van der Waals surface area contributed by atoms with E-state index in [1.54, 1.807) is 36.2 Å². The predicted octanol–water partition coefficient (Wildman–Crippen LogP) is 3.94. The van der Waals surface area contributed by atoms with Crippen LogP contribution < -0.4 is 14.4 Å². The van der Waals surface area contributed by atoms with E-state index in [4.69, 9.17) is 4.74 Å². The number of anilines is 1. The first kappa shape index (κ1) is 29.7. The average molecular weight is 552 g/mol. The van der Waals surface area contributed by atoms with Gasteiger partial charge in [-0.25, -0.2) is 8.42 Å². The maximum absolute atomic E-state index is 13.7. The quantitative estimate of drug-likeness (QED) is 0.347. The molecular weight excluding hydrogens is 514 g/mol. The minimum atomic E-state index is -3.63. The highest BCUT2D eigenvalue weighted by atomic mass is 32.2. The third-order valence-corrected chi connectivity index (χ3v) is 7.68. The van der Waals surface area contributed by atoms with Crippen LogP contribution in [0.5, 0.6) is 5.75 Å². The van der Waals surface area contributed by atoms with E-state index in [2.05, 4.69) is 5.32 Å². The molecule has 1 N–H and O–H groups in total. The van der Waals surface area contributed by atoms with E-state index < -0.39 is 16.1 Å². The van der Waals surface area contributed by atoms with E-state index in [-0.39, 0.29) is 37.7 Å². The second-order valence-electron chi connectivity index (χ2n) is 9.44. The molecule has 3 aromatic rings. The first-order valence-corrected chi connectivity index (χ1v) is 14.7. The van der Waals surface area contributed by atoms with Crippen molar-refractivity contribution in [2.75, 3.05) is 31.3 Å². The Morgan fingerprint density at radius 3 is 2.18 bits per heavy atom. The van der Waals surface area contributed by atoms with Crippen molar-refractivity contribution in [3.05, 3.63) is 95.6 Å². The molecule has 39 heavy (non-hydrogen) atoms. The highest BCUT2D eigenvalue weighted by Crippen LogP contribution is 2.30. The van der Waals surface area contributed by atoms with E-state index in [1.807, 2.05) is 61.5 Å². The molecule has 0 aliphatic rings. The number of ether oxygens (including phenoxy) is 1. The lowest BCUT2D eigenvalue weighted by atomic mass is 10.0. The number of benzene rings is 3. The molecule has 8 nitrogen and oxygen atoms in total. The fourth-order valence-corrected chi connectivity index (χ4v) is 5.40. The van der Waals surface area contributed by atoms with Crippen LogP contribution >= 0.6 is 0 Å². The Balaban J connectivity index is 1.85. The Hall–Kier alpha value is -3.85. The van der Waals surface area contributed by atoms with Crippen LogP contribution in [-0.4, -0.2) is 58.1 Å². The highest BCUT2D eigenvalue weighted by Gasteiger charge is 2.30. The summed E-state index contributed by atoms with van der Waals surface area (Å²) in [4.78, 5) is 28.4. The monoisotopic (exact) mass is 551 g/mol. The Morgan fingerprint density at radius 2 is 1.56 bits per heavy atom. The summed E-state index contributed by atoms with van der Waals surface area (Å²) in [5, 5.41) is 2.71. The molecule has 3 rings (SSSR count). The number of likely N-dealkylation sites (N-methyl/N-ethyl adjacent to an activating group) is 1. The number of sulfonamides is 1. The number of methoxy groups -OCH3 is 1. The molecule has 0 spiro atoms.